The summed E-state index contributed by atoms with van der Waals surface area (Å²) in [6.07, 6.45) is 0. The average molecular weight is 288 g/mol. The number of aryl methyl sites for hydroxylation is 2. The van der Waals surface area contributed by atoms with Gasteiger partial charge in [0.15, 0.2) is 0 Å². The SMILES string of the molecule is CCN(Cc1cc(CNC)sc1C)c1ccccc1C. The highest BCUT2D eigenvalue weighted by atomic mass is 32.1. The van der Waals surface area contributed by atoms with E-state index in [1.54, 1.807) is 0 Å². The van der Waals surface area contributed by atoms with Crippen LogP contribution in [-0.4, -0.2) is 13.6 Å². The first-order valence-corrected chi connectivity index (χ1v) is 8.00. The summed E-state index contributed by atoms with van der Waals surface area (Å²) in [7, 11) is 2.00. The zero-order valence-corrected chi connectivity index (χ0v) is 13.7. The van der Waals surface area contributed by atoms with Crippen molar-refractivity contribution in [3.05, 3.63) is 51.2 Å². The van der Waals surface area contributed by atoms with Crippen LogP contribution in [0.25, 0.3) is 0 Å². The summed E-state index contributed by atoms with van der Waals surface area (Å²) < 4.78 is 0. The smallest absolute Gasteiger partial charge is 0.0440 e. The van der Waals surface area contributed by atoms with Crippen molar-refractivity contribution in [1.82, 2.24) is 5.32 Å². The van der Waals surface area contributed by atoms with Crippen molar-refractivity contribution in [3.63, 3.8) is 0 Å². The van der Waals surface area contributed by atoms with E-state index in [1.807, 2.05) is 18.4 Å². The maximum atomic E-state index is 3.23. The van der Waals surface area contributed by atoms with Crippen LogP contribution >= 0.6 is 11.3 Å². The molecule has 0 bridgehead atoms. The van der Waals surface area contributed by atoms with E-state index in [9.17, 15) is 0 Å². The molecule has 108 valence electrons. The third kappa shape index (κ3) is 3.41. The second-order valence-electron chi connectivity index (χ2n) is 5.13. The van der Waals surface area contributed by atoms with Gasteiger partial charge in [-0.05, 0) is 51.1 Å². The minimum atomic E-state index is 0.960. The highest BCUT2D eigenvalue weighted by Crippen LogP contribution is 2.26. The van der Waals surface area contributed by atoms with E-state index >= 15 is 0 Å². The lowest BCUT2D eigenvalue weighted by molar-refractivity contribution is 0.816. The topological polar surface area (TPSA) is 15.3 Å². The summed E-state index contributed by atoms with van der Waals surface area (Å²) in [5.41, 5.74) is 4.14. The Morgan fingerprint density at radius 3 is 2.60 bits per heavy atom. The number of hydrogen-bond donors (Lipinski definition) is 1. The van der Waals surface area contributed by atoms with Gasteiger partial charge in [-0.15, -0.1) is 11.3 Å². The first-order chi connectivity index (χ1) is 9.65. The third-order valence-corrected chi connectivity index (χ3v) is 4.71. The molecule has 0 spiro atoms. The molecule has 1 N–H and O–H groups in total. The molecule has 0 unspecified atom stereocenters. The van der Waals surface area contributed by atoms with Crippen LogP contribution in [-0.2, 0) is 13.1 Å². The molecule has 1 aromatic heterocycles. The molecule has 0 aliphatic rings. The molecule has 1 aromatic carbocycles. The van der Waals surface area contributed by atoms with E-state index in [2.05, 4.69) is 61.3 Å². The molecule has 0 saturated heterocycles. The molecule has 0 atom stereocenters. The van der Waals surface area contributed by atoms with Crippen molar-refractivity contribution >= 4 is 17.0 Å². The first kappa shape index (κ1) is 15.1. The third-order valence-electron chi connectivity index (χ3n) is 3.62. The summed E-state index contributed by atoms with van der Waals surface area (Å²) >= 11 is 1.90. The van der Waals surface area contributed by atoms with Gasteiger partial charge >= 0.3 is 0 Å². The maximum absolute atomic E-state index is 3.23. The monoisotopic (exact) mass is 288 g/mol. The van der Waals surface area contributed by atoms with Gasteiger partial charge in [0.1, 0.15) is 0 Å². The van der Waals surface area contributed by atoms with E-state index in [0.29, 0.717) is 0 Å². The van der Waals surface area contributed by atoms with Gasteiger partial charge in [-0.2, -0.15) is 0 Å². The normalized spacial score (nSPS) is 10.8. The Labute approximate surface area is 126 Å². The first-order valence-electron chi connectivity index (χ1n) is 7.19. The van der Waals surface area contributed by atoms with Gasteiger partial charge in [0.25, 0.3) is 0 Å². The van der Waals surface area contributed by atoms with Crippen LogP contribution in [0, 0.1) is 13.8 Å². The lowest BCUT2D eigenvalue weighted by Gasteiger charge is -2.25. The van der Waals surface area contributed by atoms with Gasteiger partial charge in [-0.25, -0.2) is 0 Å². The fourth-order valence-corrected chi connectivity index (χ4v) is 3.56. The van der Waals surface area contributed by atoms with Crippen LogP contribution in [0.1, 0.15) is 27.8 Å². The largest absolute Gasteiger partial charge is 0.367 e. The van der Waals surface area contributed by atoms with Crippen molar-refractivity contribution in [2.75, 3.05) is 18.5 Å². The van der Waals surface area contributed by atoms with Gasteiger partial charge < -0.3 is 10.2 Å². The van der Waals surface area contributed by atoms with Crippen LogP contribution in [0.15, 0.2) is 30.3 Å². The standard InChI is InChI=1S/C17H24N2S/c1-5-19(17-9-7-6-8-13(17)2)12-15-10-16(11-18-4)20-14(15)3/h6-10,18H,5,11-12H2,1-4H3. The Hall–Kier alpha value is -1.32. The minimum Gasteiger partial charge on any atom is -0.367 e. The zero-order chi connectivity index (χ0) is 14.5. The van der Waals surface area contributed by atoms with Crippen molar-refractivity contribution in [2.45, 2.75) is 33.9 Å². The Morgan fingerprint density at radius 1 is 1.20 bits per heavy atom. The van der Waals surface area contributed by atoms with Crippen molar-refractivity contribution in [2.24, 2.45) is 0 Å². The summed E-state index contributed by atoms with van der Waals surface area (Å²) in [5, 5.41) is 3.23. The number of rotatable bonds is 6. The molecule has 2 nitrogen and oxygen atoms in total. The summed E-state index contributed by atoms with van der Waals surface area (Å²) in [5.74, 6) is 0. The molecule has 2 aromatic rings. The molecule has 0 aliphatic carbocycles. The second-order valence-corrected chi connectivity index (χ2v) is 6.47. The van der Waals surface area contributed by atoms with E-state index < -0.39 is 0 Å². The number of anilines is 1. The van der Waals surface area contributed by atoms with Gasteiger partial charge in [0, 0.05) is 35.1 Å². The number of thiophene rings is 1. The molecule has 0 fully saturated rings. The predicted molar refractivity (Wildman–Crippen MR) is 89.7 cm³/mol. The Balaban J connectivity index is 2.20. The molecular formula is C17H24N2S. The molecule has 0 amide bonds. The molecule has 0 radical (unpaired) electrons. The summed E-state index contributed by atoms with van der Waals surface area (Å²) in [6.45, 7) is 9.62. The van der Waals surface area contributed by atoms with Gasteiger partial charge in [-0.1, -0.05) is 18.2 Å². The molecule has 0 aliphatic heterocycles. The number of nitrogens with one attached hydrogen (secondary N) is 1. The van der Waals surface area contributed by atoms with Crippen LogP contribution in [0.2, 0.25) is 0 Å². The fraction of sp³-hybridized carbons (Fsp3) is 0.412. The molecule has 0 saturated carbocycles. The maximum Gasteiger partial charge on any atom is 0.0440 e. The quantitative estimate of drug-likeness (QED) is 0.860. The minimum absolute atomic E-state index is 0.960. The molecular weight excluding hydrogens is 264 g/mol. The molecule has 20 heavy (non-hydrogen) atoms. The fourth-order valence-electron chi connectivity index (χ4n) is 2.50. The van der Waals surface area contributed by atoms with Crippen LogP contribution < -0.4 is 10.2 Å². The number of benzene rings is 1. The Kier molecular flexibility index (Phi) is 5.21. The highest BCUT2D eigenvalue weighted by Gasteiger charge is 2.11. The average Bonchev–Trinajstić information content (AvgIpc) is 2.77. The Morgan fingerprint density at radius 2 is 1.95 bits per heavy atom. The van der Waals surface area contributed by atoms with Crippen molar-refractivity contribution in [3.8, 4) is 0 Å². The molecule has 3 heteroatoms. The Bertz CT molecular complexity index is 560. The van der Waals surface area contributed by atoms with E-state index in [4.69, 9.17) is 0 Å². The predicted octanol–water partition coefficient (Wildman–Crippen LogP) is 4.11. The lowest BCUT2D eigenvalue weighted by atomic mass is 10.1. The lowest BCUT2D eigenvalue weighted by Crippen LogP contribution is -2.22. The zero-order valence-electron chi connectivity index (χ0n) is 12.9. The second kappa shape index (κ2) is 6.91. The molecule has 1 heterocycles. The van der Waals surface area contributed by atoms with Crippen LogP contribution in [0.4, 0.5) is 5.69 Å². The van der Waals surface area contributed by atoms with E-state index in [-0.39, 0.29) is 0 Å². The van der Waals surface area contributed by atoms with Gasteiger partial charge in [0.05, 0.1) is 0 Å². The highest BCUT2D eigenvalue weighted by molar-refractivity contribution is 7.12. The summed E-state index contributed by atoms with van der Waals surface area (Å²) in [6, 6.07) is 11.0. The number of para-hydroxylation sites is 1. The molecule has 2 rings (SSSR count). The van der Waals surface area contributed by atoms with Crippen LogP contribution in [0.3, 0.4) is 0 Å². The van der Waals surface area contributed by atoms with E-state index in [1.165, 1.54) is 26.6 Å². The van der Waals surface area contributed by atoms with Crippen molar-refractivity contribution < 1.29 is 0 Å². The summed E-state index contributed by atoms with van der Waals surface area (Å²) in [4.78, 5) is 5.30. The van der Waals surface area contributed by atoms with Gasteiger partial charge in [-0.3, -0.25) is 0 Å². The number of hydrogen-bond acceptors (Lipinski definition) is 3. The van der Waals surface area contributed by atoms with Gasteiger partial charge in [0.2, 0.25) is 0 Å². The van der Waals surface area contributed by atoms with Crippen molar-refractivity contribution in [1.29, 1.82) is 0 Å². The van der Waals surface area contributed by atoms with Crippen LogP contribution in [0.5, 0.6) is 0 Å². The van der Waals surface area contributed by atoms with E-state index in [0.717, 1.165) is 19.6 Å². The number of nitrogens with zero attached hydrogens (tertiary/aromatic N) is 1.